The maximum Gasteiger partial charge on any atom is 0.261 e. The summed E-state index contributed by atoms with van der Waals surface area (Å²) in [7, 11) is 0. The van der Waals surface area contributed by atoms with Gasteiger partial charge < -0.3 is 15.2 Å². The minimum atomic E-state index is -0.446. The Bertz CT molecular complexity index is 657. The van der Waals surface area contributed by atoms with E-state index in [-0.39, 0.29) is 18.1 Å². The Balaban J connectivity index is 1.28. The summed E-state index contributed by atoms with van der Waals surface area (Å²) in [6.07, 6.45) is 6.29. The summed E-state index contributed by atoms with van der Waals surface area (Å²) in [6, 6.07) is 8.23. The van der Waals surface area contributed by atoms with Crippen molar-refractivity contribution in [2.75, 3.05) is 0 Å². The Kier molecular flexibility index (Phi) is 3.21. The van der Waals surface area contributed by atoms with Crippen LogP contribution in [0.5, 0.6) is 5.75 Å². The van der Waals surface area contributed by atoms with Crippen molar-refractivity contribution in [1.29, 1.82) is 0 Å². The van der Waals surface area contributed by atoms with Crippen molar-refractivity contribution >= 4 is 5.91 Å². The van der Waals surface area contributed by atoms with Crippen LogP contribution in [0.25, 0.3) is 0 Å². The topological polar surface area (TPSA) is 58.6 Å². The van der Waals surface area contributed by atoms with Crippen LogP contribution >= 0.6 is 0 Å². The monoisotopic (exact) mass is 327 g/mol. The van der Waals surface area contributed by atoms with Gasteiger partial charge in [-0.25, -0.2) is 0 Å². The number of carbonyl (C=O) groups excluding carboxylic acids is 1. The van der Waals surface area contributed by atoms with Crippen LogP contribution < -0.4 is 10.1 Å². The molecule has 0 saturated heterocycles. The van der Waals surface area contributed by atoms with Gasteiger partial charge in [0.15, 0.2) is 6.10 Å². The van der Waals surface area contributed by atoms with Gasteiger partial charge >= 0.3 is 0 Å². The fourth-order valence-corrected chi connectivity index (χ4v) is 5.98. The van der Waals surface area contributed by atoms with Crippen molar-refractivity contribution in [3.8, 4) is 5.75 Å². The van der Waals surface area contributed by atoms with Crippen molar-refractivity contribution in [2.45, 2.75) is 62.7 Å². The third-order valence-electron chi connectivity index (χ3n) is 6.76. The first-order valence-corrected chi connectivity index (χ1v) is 9.37. The van der Waals surface area contributed by atoms with E-state index in [0.29, 0.717) is 17.8 Å². The molecule has 6 rings (SSSR count). The average molecular weight is 327 g/mol. The summed E-state index contributed by atoms with van der Waals surface area (Å²) in [5.74, 6) is 2.44. The maximum absolute atomic E-state index is 12.8. The molecule has 4 saturated carbocycles. The number of aryl methyl sites for hydroxylation is 1. The number of aliphatic hydroxyl groups is 1. The summed E-state index contributed by atoms with van der Waals surface area (Å²) in [6.45, 7) is 0. The predicted octanol–water partition coefficient (Wildman–Crippen LogP) is 2.44. The first-order chi connectivity index (χ1) is 11.6. The molecule has 1 aromatic carbocycles. The standard InChI is InChI=1S/C20H25NO3/c22-19(17-6-5-13-3-1-2-4-16(13)24-17)21-18-14-7-12-8-15(18)11-20(23,9-12)10-14/h1-4,12,14-15,17-18,23H,5-11H2,(H,21,22)/t12?,14-,15+,17?,18+,20+. The molecule has 4 heteroatoms. The molecule has 1 aromatic rings. The second kappa shape index (κ2) is 5.22. The van der Waals surface area contributed by atoms with E-state index >= 15 is 0 Å². The van der Waals surface area contributed by atoms with Gasteiger partial charge in [-0.05, 0) is 74.3 Å². The number of amides is 1. The van der Waals surface area contributed by atoms with Crippen molar-refractivity contribution in [2.24, 2.45) is 17.8 Å². The zero-order chi connectivity index (χ0) is 16.3. The first kappa shape index (κ1) is 14.8. The SMILES string of the molecule is O=C(N[C@H]1[C@@H]2CC3C[C@H]1C[C@](O)(C3)C2)C1CCc2ccccc2O1. The average Bonchev–Trinajstić information content (AvgIpc) is 2.56. The predicted molar refractivity (Wildman–Crippen MR) is 89.6 cm³/mol. The van der Waals surface area contributed by atoms with Gasteiger partial charge in [-0.15, -0.1) is 0 Å². The molecule has 4 aliphatic carbocycles. The van der Waals surface area contributed by atoms with E-state index in [1.54, 1.807) is 0 Å². The summed E-state index contributed by atoms with van der Waals surface area (Å²) >= 11 is 0. The van der Waals surface area contributed by atoms with Crippen LogP contribution in [0.2, 0.25) is 0 Å². The van der Waals surface area contributed by atoms with Gasteiger partial charge in [-0.2, -0.15) is 0 Å². The van der Waals surface area contributed by atoms with Gasteiger partial charge in [0.25, 0.3) is 5.91 Å². The zero-order valence-electron chi connectivity index (χ0n) is 13.9. The minimum Gasteiger partial charge on any atom is -0.480 e. The molecule has 1 aliphatic heterocycles. The smallest absolute Gasteiger partial charge is 0.261 e. The number of benzene rings is 1. The molecule has 24 heavy (non-hydrogen) atoms. The number of nitrogens with one attached hydrogen (secondary N) is 1. The summed E-state index contributed by atoms with van der Waals surface area (Å²) < 4.78 is 5.95. The number of carbonyl (C=O) groups is 1. The third kappa shape index (κ3) is 2.34. The molecule has 5 aliphatic rings. The minimum absolute atomic E-state index is 0.0361. The van der Waals surface area contributed by atoms with Crippen LogP contribution in [-0.2, 0) is 11.2 Å². The molecular weight excluding hydrogens is 302 g/mol. The normalized spacial score (nSPS) is 42.3. The number of hydrogen-bond donors (Lipinski definition) is 2. The highest BCUT2D eigenvalue weighted by Crippen LogP contribution is 2.55. The molecule has 1 heterocycles. The molecule has 2 N–H and O–H groups in total. The number of hydrogen-bond acceptors (Lipinski definition) is 3. The lowest BCUT2D eigenvalue weighted by atomic mass is 9.52. The van der Waals surface area contributed by atoms with Crippen LogP contribution in [-0.4, -0.2) is 28.8 Å². The lowest BCUT2D eigenvalue weighted by Gasteiger charge is -2.58. The molecule has 0 radical (unpaired) electrons. The van der Waals surface area contributed by atoms with Crippen LogP contribution in [0.4, 0.5) is 0 Å². The maximum atomic E-state index is 12.8. The van der Waals surface area contributed by atoms with Crippen LogP contribution in [0, 0.1) is 17.8 Å². The largest absolute Gasteiger partial charge is 0.480 e. The Labute approximate surface area is 142 Å². The van der Waals surface area contributed by atoms with Crippen LogP contribution in [0.15, 0.2) is 24.3 Å². The summed E-state index contributed by atoms with van der Waals surface area (Å²) in [5.41, 5.74) is 0.747. The number of ether oxygens (including phenoxy) is 1. The lowest BCUT2D eigenvalue weighted by molar-refractivity contribution is -0.149. The number of para-hydroxylation sites is 1. The van der Waals surface area contributed by atoms with Gasteiger partial charge in [-0.3, -0.25) is 4.79 Å². The highest BCUT2D eigenvalue weighted by molar-refractivity contribution is 5.82. The molecule has 4 nitrogen and oxygen atoms in total. The molecule has 6 atom stereocenters. The lowest BCUT2D eigenvalue weighted by Crippen LogP contribution is -2.62. The van der Waals surface area contributed by atoms with E-state index < -0.39 is 5.60 Å². The fraction of sp³-hybridized carbons (Fsp3) is 0.650. The second-order valence-corrected chi connectivity index (χ2v) is 8.48. The first-order valence-electron chi connectivity index (χ1n) is 9.37. The van der Waals surface area contributed by atoms with Gasteiger partial charge in [0.2, 0.25) is 0 Å². The van der Waals surface area contributed by atoms with E-state index in [1.165, 1.54) is 5.56 Å². The quantitative estimate of drug-likeness (QED) is 0.877. The van der Waals surface area contributed by atoms with Crippen LogP contribution in [0.1, 0.15) is 44.1 Å². The van der Waals surface area contributed by atoms with E-state index in [4.69, 9.17) is 4.74 Å². The highest BCUT2D eigenvalue weighted by atomic mass is 16.5. The van der Waals surface area contributed by atoms with E-state index in [0.717, 1.165) is 50.7 Å². The Hall–Kier alpha value is -1.55. The van der Waals surface area contributed by atoms with E-state index in [1.807, 2.05) is 18.2 Å². The molecule has 128 valence electrons. The van der Waals surface area contributed by atoms with Crippen molar-refractivity contribution in [3.63, 3.8) is 0 Å². The van der Waals surface area contributed by atoms with Gasteiger partial charge in [-0.1, -0.05) is 18.2 Å². The summed E-state index contributed by atoms with van der Waals surface area (Å²) in [5, 5.41) is 14.0. The molecule has 4 fully saturated rings. The Morgan fingerprint density at radius 2 is 1.92 bits per heavy atom. The molecule has 1 amide bonds. The van der Waals surface area contributed by atoms with E-state index in [9.17, 15) is 9.90 Å². The fourth-order valence-electron chi connectivity index (χ4n) is 5.98. The Morgan fingerprint density at radius 3 is 2.67 bits per heavy atom. The van der Waals surface area contributed by atoms with E-state index in [2.05, 4.69) is 11.4 Å². The number of fused-ring (bicyclic) bond motifs is 1. The molecule has 2 unspecified atom stereocenters. The number of rotatable bonds is 2. The highest BCUT2D eigenvalue weighted by Gasteiger charge is 2.55. The van der Waals surface area contributed by atoms with Gasteiger partial charge in [0, 0.05) is 6.04 Å². The summed E-state index contributed by atoms with van der Waals surface area (Å²) in [4.78, 5) is 12.8. The van der Waals surface area contributed by atoms with Gasteiger partial charge in [0.05, 0.1) is 5.60 Å². The molecule has 0 spiro atoms. The molecule has 4 bridgehead atoms. The van der Waals surface area contributed by atoms with Crippen molar-refractivity contribution < 1.29 is 14.6 Å². The van der Waals surface area contributed by atoms with Crippen molar-refractivity contribution in [3.05, 3.63) is 29.8 Å². The molecular formula is C20H25NO3. The second-order valence-electron chi connectivity index (χ2n) is 8.48. The van der Waals surface area contributed by atoms with Crippen LogP contribution in [0.3, 0.4) is 0 Å². The third-order valence-corrected chi connectivity index (χ3v) is 6.76. The Morgan fingerprint density at radius 1 is 1.17 bits per heavy atom. The van der Waals surface area contributed by atoms with Crippen molar-refractivity contribution in [1.82, 2.24) is 5.32 Å². The molecule has 0 aromatic heterocycles. The zero-order valence-corrected chi connectivity index (χ0v) is 13.9. The van der Waals surface area contributed by atoms with Gasteiger partial charge in [0.1, 0.15) is 5.75 Å².